The first kappa shape index (κ1) is 24.0. The fourth-order valence-electron chi connectivity index (χ4n) is 7.37. The lowest BCUT2D eigenvalue weighted by Crippen LogP contribution is -1.90. The van der Waals surface area contributed by atoms with Crippen molar-refractivity contribution in [3.05, 3.63) is 146 Å². The van der Waals surface area contributed by atoms with E-state index in [1.54, 1.807) is 0 Å². The van der Waals surface area contributed by atoms with E-state index in [1.165, 1.54) is 80.1 Å². The maximum absolute atomic E-state index is 6.67. The van der Waals surface area contributed by atoms with Crippen LogP contribution in [0.5, 0.6) is 0 Å². The number of hydrogen-bond acceptors (Lipinski definition) is 2. The van der Waals surface area contributed by atoms with Crippen LogP contribution in [0.3, 0.4) is 0 Å². The molecule has 0 saturated heterocycles. The Morgan fingerprint density at radius 1 is 0.386 bits per heavy atom. The highest BCUT2D eigenvalue weighted by Crippen LogP contribution is 2.47. The molecular formula is C42H24OS. The molecule has 2 heterocycles. The lowest BCUT2D eigenvalue weighted by Gasteiger charge is -2.17. The maximum atomic E-state index is 6.67. The monoisotopic (exact) mass is 576 g/mol. The van der Waals surface area contributed by atoms with Gasteiger partial charge in [0.1, 0.15) is 11.2 Å². The molecule has 0 spiro atoms. The summed E-state index contributed by atoms with van der Waals surface area (Å²) in [6.07, 6.45) is 0. The Hall–Kier alpha value is -5.44. The highest BCUT2D eigenvalue weighted by atomic mass is 32.1. The van der Waals surface area contributed by atoms with Crippen LogP contribution < -0.4 is 0 Å². The summed E-state index contributed by atoms with van der Waals surface area (Å²) in [6, 6.07) is 52.8. The predicted octanol–water partition coefficient (Wildman–Crippen LogP) is 12.7. The molecule has 2 heteroatoms. The number of hydrogen-bond donors (Lipinski definition) is 0. The van der Waals surface area contributed by atoms with Crippen molar-refractivity contribution in [2.45, 2.75) is 0 Å². The second-order valence-corrected chi connectivity index (χ2v) is 12.6. The van der Waals surface area contributed by atoms with Crippen LogP contribution in [0, 0.1) is 0 Å². The second-order valence-electron chi connectivity index (χ2n) is 11.6. The van der Waals surface area contributed by atoms with Crippen LogP contribution in [0.4, 0.5) is 0 Å². The number of thiophene rings is 1. The minimum atomic E-state index is 0.920. The zero-order valence-electron chi connectivity index (χ0n) is 23.7. The summed E-state index contributed by atoms with van der Waals surface area (Å²) in [6.45, 7) is 0. The standard InChI is InChI=1S/C42H24OS/c1-2-10-25(11-3-1)38-29-13-4-6-15-31(29)39(32-16-7-5-14-30(32)38)27-19-22-34-36(24-27)43-35-23-20-26-18-21-33-28-12-8-9-17-37(28)44-42(33)40(26)41(34)35/h1-24H. The van der Waals surface area contributed by atoms with Crippen molar-refractivity contribution in [3.8, 4) is 22.3 Å². The molecule has 0 bridgehead atoms. The quantitative estimate of drug-likeness (QED) is 0.187. The van der Waals surface area contributed by atoms with E-state index in [4.69, 9.17) is 4.42 Å². The lowest BCUT2D eigenvalue weighted by atomic mass is 9.86. The summed E-state index contributed by atoms with van der Waals surface area (Å²) in [5.41, 5.74) is 6.78. The van der Waals surface area contributed by atoms with Crippen molar-refractivity contribution in [2.24, 2.45) is 0 Å². The molecule has 10 aromatic rings. The van der Waals surface area contributed by atoms with E-state index >= 15 is 0 Å². The molecule has 44 heavy (non-hydrogen) atoms. The summed E-state index contributed by atoms with van der Waals surface area (Å²) < 4.78 is 9.32. The van der Waals surface area contributed by atoms with E-state index in [-0.39, 0.29) is 0 Å². The summed E-state index contributed by atoms with van der Waals surface area (Å²) in [5.74, 6) is 0. The van der Waals surface area contributed by atoms with Crippen molar-refractivity contribution in [3.63, 3.8) is 0 Å². The van der Waals surface area contributed by atoms with Gasteiger partial charge in [-0.1, -0.05) is 121 Å². The number of fused-ring (bicyclic) bond motifs is 11. The summed E-state index contributed by atoms with van der Waals surface area (Å²) >= 11 is 1.88. The van der Waals surface area contributed by atoms with E-state index < -0.39 is 0 Å². The van der Waals surface area contributed by atoms with E-state index in [0.29, 0.717) is 0 Å². The van der Waals surface area contributed by atoms with Gasteiger partial charge in [-0.3, -0.25) is 0 Å². The summed E-state index contributed by atoms with van der Waals surface area (Å²) in [4.78, 5) is 0. The Morgan fingerprint density at radius 3 is 1.70 bits per heavy atom. The van der Waals surface area contributed by atoms with Gasteiger partial charge in [0.2, 0.25) is 0 Å². The molecular weight excluding hydrogens is 553 g/mol. The smallest absolute Gasteiger partial charge is 0.136 e. The zero-order chi connectivity index (χ0) is 28.8. The Morgan fingerprint density at radius 2 is 0.977 bits per heavy atom. The first-order chi connectivity index (χ1) is 21.8. The molecule has 0 fully saturated rings. The molecule has 0 unspecified atom stereocenters. The SMILES string of the molecule is c1ccc(-c2c3ccccc3c(-c3ccc4c(c3)oc3ccc5ccc6c7ccccc7sc6c5c34)c3ccccc23)cc1. The number of rotatable bonds is 2. The highest BCUT2D eigenvalue weighted by Gasteiger charge is 2.19. The van der Waals surface area contributed by atoms with Crippen molar-refractivity contribution < 1.29 is 4.42 Å². The maximum Gasteiger partial charge on any atom is 0.136 e. The fraction of sp³-hybridized carbons (Fsp3) is 0. The molecule has 204 valence electrons. The van der Waals surface area contributed by atoms with Crippen LogP contribution in [-0.4, -0.2) is 0 Å². The minimum absolute atomic E-state index is 0.920. The van der Waals surface area contributed by atoms with Gasteiger partial charge in [0, 0.05) is 36.3 Å². The third-order valence-corrected chi connectivity index (χ3v) is 10.4. The second kappa shape index (κ2) is 9.03. The summed E-state index contributed by atoms with van der Waals surface area (Å²) in [5, 5.41) is 12.5. The molecule has 1 nitrogen and oxygen atoms in total. The van der Waals surface area contributed by atoms with E-state index in [0.717, 1.165) is 16.6 Å². The summed E-state index contributed by atoms with van der Waals surface area (Å²) in [7, 11) is 0. The van der Waals surface area contributed by atoms with Crippen LogP contribution in [0.15, 0.2) is 150 Å². The Labute approximate surface area is 257 Å². The molecule has 0 amide bonds. The van der Waals surface area contributed by atoms with Gasteiger partial charge in [-0.25, -0.2) is 0 Å². The molecule has 0 aliphatic carbocycles. The molecule has 0 aliphatic rings. The van der Waals surface area contributed by atoms with Crippen LogP contribution in [0.25, 0.3) is 96.7 Å². The van der Waals surface area contributed by atoms with Gasteiger partial charge in [0.25, 0.3) is 0 Å². The van der Waals surface area contributed by atoms with Gasteiger partial charge in [0.15, 0.2) is 0 Å². The largest absolute Gasteiger partial charge is 0.456 e. The normalized spacial score (nSPS) is 12.1. The molecule has 0 aliphatic heterocycles. The van der Waals surface area contributed by atoms with E-state index in [2.05, 4.69) is 146 Å². The van der Waals surface area contributed by atoms with Gasteiger partial charge in [-0.2, -0.15) is 0 Å². The Bertz CT molecular complexity index is 2710. The highest BCUT2D eigenvalue weighted by molar-refractivity contribution is 7.26. The van der Waals surface area contributed by atoms with Gasteiger partial charge in [-0.15, -0.1) is 11.3 Å². The molecule has 10 rings (SSSR count). The van der Waals surface area contributed by atoms with Crippen LogP contribution >= 0.6 is 11.3 Å². The minimum Gasteiger partial charge on any atom is -0.456 e. The lowest BCUT2D eigenvalue weighted by molar-refractivity contribution is 0.669. The first-order valence-corrected chi connectivity index (χ1v) is 15.8. The van der Waals surface area contributed by atoms with Gasteiger partial charge < -0.3 is 4.42 Å². The number of furan rings is 1. The molecule has 2 aromatic heterocycles. The van der Waals surface area contributed by atoms with Gasteiger partial charge in [-0.05, 0) is 73.5 Å². The van der Waals surface area contributed by atoms with E-state index in [9.17, 15) is 0 Å². The Kier molecular flexibility index (Phi) is 4.94. The molecule has 0 N–H and O–H groups in total. The van der Waals surface area contributed by atoms with Crippen LogP contribution in [-0.2, 0) is 0 Å². The van der Waals surface area contributed by atoms with Crippen molar-refractivity contribution in [1.29, 1.82) is 0 Å². The first-order valence-electron chi connectivity index (χ1n) is 15.0. The number of benzene rings is 8. The van der Waals surface area contributed by atoms with Gasteiger partial charge in [0.05, 0.1) is 0 Å². The predicted molar refractivity (Wildman–Crippen MR) is 190 cm³/mol. The van der Waals surface area contributed by atoms with E-state index in [1.807, 2.05) is 11.3 Å². The topological polar surface area (TPSA) is 13.1 Å². The molecule has 0 atom stereocenters. The van der Waals surface area contributed by atoms with Crippen LogP contribution in [0.2, 0.25) is 0 Å². The molecule has 8 aromatic carbocycles. The average Bonchev–Trinajstić information content (AvgIpc) is 3.65. The molecule has 0 saturated carbocycles. The van der Waals surface area contributed by atoms with Crippen molar-refractivity contribution in [2.75, 3.05) is 0 Å². The third-order valence-electron chi connectivity index (χ3n) is 9.24. The Balaban J connectivity index is 1.29. The van der Waals surface area contributed by atoms with Crippen molar-refractivity contribution >= 4 is 85.8 Å². The zero-order valence-corrected chi connectivity index (χ0v) is 24.5. The molecule has 0 radical (unpaired) electrons. The van der Waals surface area contributed by atoms with Crippen molar-refractivity contribution in [1.82, 2.24) is 0 Å². The van der Waals surface area contributed by atoms with Gasteiger partial charge >= 0.3 is 0 Å². The van der Waals surface area contributed by atoms with Crippen LogP contribution in [0.1, 0.15) is 0 Å². The third kappa shape index (κ3) is 3.29. The fourth-order valence-corrected chi connectivity index (χ4v) is 8.63. The average molecular weight is 577 g/mol.